The van der Waals surface area contributed by atoms with Crippen molar-refractivity contribution in [1.29, 1.82) is 0 Å². The lowest BCUT2D eigenvalue weighted by Crippen LogP contribution is -2.07. The van der Waals surface area contributed by atoms with Crippen molar-refractivity contribution in [2.75, 3.05) is 0 Å². The zero-order valence-electron chi connectivity index (χ0n) is 7.64. The molecule has 0 fully saturated rings. The first-order valence-corrected chi connectivity index (χ1v) is 4.20. The van der Waals surface area contributed by atoms with E-state index in [1.165, 1.54) is 6.20 Å². The number of aromatic nitrogens is 1. The molecular weight excluding hydrogens is 186 g/mol. The van der Waals surface area contributed by atoms with Crippen molar-refractivity contribution in [2.45, 2.75) is 26.4 Å². The maximum atomic E-state index is 9.05. The molecule has 4 N–H and O–H groups in total. The van der Waals surface area contributed by atoms with Gasteiger partial charge in [-0.25, -0.2) is 0 Å². The zero-order chi connectivity index (χ0) is 10.6. The highest BCUT2D eigenvalue weighted by atomic mass is 16.3. The Morgan fingerprint density at radius 1 is 0.857 bits per heavy atom. The minimum absolute atomic E-state index is 0.248. The summed E-state index contributed by atoms with van der Waals surface area (Å²) < 4.78 is 0. The molecule has 78 valence electrons. The normalized spacial score (nSPS) is 10.6. The molecule has 1 heterocycles. The van der Waals surface area contributed by atoms with Crippen molar-refractivity contribution in [3.63, 3.8) is 0 Å². The van der Waals surface area contributed by atoms with E-state index in [0.29, 0.717) is 22.4 Å². The van der Waals surface area contributed by atoms with Crippen molar-refractivity contribution in [3.05, 3.63) is 28.6 Å². The Kier molecular flexibility index (Phi) is 3.97. The second kappa shape index (κ2) is 5.02. The third kappa shape index (κ3) is 1.91. The molecule has 1 aromatic heterocycles. The molecule has 0 aromatic carbocycles. The molecule has 0 bridgehead atoms. The van der Waals surface area contributed by atoms with E-state index in [-0.39, 0.29) is 26.4 Å². The van der Waals surface area contributed by atoms with Crippen molar-refractivity contribution in [3.8, 4) is 0 Å². The van der Waals surface area contributed by atoms with E-state index in [1.54, 1.807) is 0 Å². The third-order valence-corrected chi connectivity index (χ3v) is 2.11. The van der Waals surface area contributed by atoms with Crippen LogP contribution in [0, 0.1) is 0 Å². The molecule has 0 aliphatic carbocycles. The maximum Gasteiger partial charge on any atom is 0.0856 e. The van der Waals surface area contributed by atoms with Gasteiger partial charge >= 0.3 is 0 Å². The Labute approximate surface area is 81.3 Å². The number of aliphatic hydroxyl groups is 4. The van der Waals surface area contributed by atoms with Crippen LogP contribution in [0.3, 0.4) is 0 Å². The Hall–Kier alpha value is -1.01. The van der Waals surface area contributed by atoms with Crippen molar-refractivity contribution < 1.29 is 20.4 Å². The highest BCUT2D eigenvalue weighted by Gasteiger charge is 2.12. The highest BCUT2D eigenvalue weighted by molar-refractivity contribution is 5.35. The van der Waals surface area contributed by atoms with Gasteiger partial charge in [-0.3, -0.25) is 4.98 Å². The van der Waals surface area contributed by atoms with Gasteiger partial charge < -0.3 is 20.4 Å². The van der Waals surface area contributed by atoms with E-state index in [9.17, 15) is 0 Å². The van der Waals surface area contributed by atoms with Crippen LogP contribution >= 0.6 is 0 Å². The predicted molar refractivity (Wildman–Crippen MR) is 47.9 cm³/mol. The molecule has 14 heavy (non-hydrogen) atoms. The van der Waals surface area contributed by atoms with Gasteiger partial charge in [-0.05, 0) is 5.56 Å². The smallest absolute Gasteiger partial charge is 0.0856 e. The molecule has 0 saturated carbocycles. The van der Waals surface area contributed by atoms with E-state index in [1.807, 2.05) is 0 Å². The summed E-state index contributed by atoms with van der Waals surface area (Å²) in [6.07, 6.45) is 1.39. The molecule has 5 heteroatoms. The van der Waals surface area contributed by atoms with Gasteiger partial charge in [-0.1, -0.05) is 0 Å². The predicted octanol–water partition coefficient (Wildman–Crippen LogP) is -0.949. The maximum absolute atomic E-state index is 9.05. The van der Waals surface area contributed by atoms with Crippen molar-refractivity contribution in [2.24, 2.45) is 0 Å². The summed E-state index contributed by atoms with van der Waals surface area (Å²) in [5, 5.41) is 35.9. The van der Waals surface area contributed by atoms with E-state index in [2.05, 4.69) is 4.98 Å². The number of nitrogens with zero attached hydrogens (tertiary/aromatic N) is 1. The molecule has 0 spiro atoms. The first-order valence-electron chi connectivity index (χ1n) is 4.20. The second-order valence-corrected chi connectivity index (χ2v) is 2.82. The number of hydrogen-bond acceptors (Lipinski definition) is 5. The van der Waals surface area contributed by atoms with Crippen molar-refractivity contribution in [1.82, 2.24) is 4.98 Å². The summed E-state index contributed by atoms with van der Waals surface area (Å²) in [6, 6.07) is 0. The average Bonchev–Trinajstić information content (AvgIpc) is 2.26. The second-order valence-electron chi connectivity index (χ2n) is 2.82. The summed E-state index contributed by atoms with van der Waals surface area (Å²) >= 11 is 0. The van der Waals surface area contributed by atoms with Crippen LogP contribution in [0.2, 0.25) is 0 Å². The minimum atomic E-state index is -0.313. The van der Waals surface area contributed by atoms with Gasteiger partial charge in [-0.15, -0.1) is 0 Å². The highest BCUT2D eigenvalue weighted by Crippen LogP contribution is 2.17. The Morgan fingerprint density at radius 2 is 1.50 bits per heavy atom. The average molecular weight is 199 g/mol. The Bertz CT molecular complexity index is 283. The lowest BCUT2D eigenvalue weighted by molar-refractivity contribution is 0.236. The standard InChI is InChI=1S/C9H13NO4/c11-2-6-1-10-9(5-14)8(4-13)7(6)3-12/h1,11-14H,2-5H2. The van der Waals surface area contributed by atoms with Crippen LogP contribution in [0.25, 0.3) is 0 Å². The number of rotatable bonds is 4. The van der Waals surface area contributed by atoms with Crippen LogP contribution in [0.1, 0.15) is 22.4 Å². The first kappa shape index (κ1) is 11.1. The van der Waals surface area contributed by atoms with Crippen LogP contribution in [-0.4, -0.2) is 25.4 Å². The molecule has 1 aromatic rings. The van der Waals surface area contributed by atoms with Gasteiger partial charge in [0.2, 0.25) is 0 Å². The molecule has 5 nitrogen and oxygen atoms in total. The molecule has 0 amide bonds. The van der Waals surface area contributed by atoms with Gasteiger partial charge in [0.15, 0.2) is 0 Å². The minimum Gasteiger partial charge on any atom is -0.392 e. The van der Waals surface area contributed by atoms with Gasteiger partial charge in [0.05, 0.1) is 32.1 Å². The fraction of sp³-hybridized carbons (Fsp3) is 0.444. The van der Waals surface area contributed by atoms with E-state index in [4.69, 9.17) is 20.4 Å². The summed E-state index contributed by atoms with van der Waals surface area (Å²) in [4.78, 5) is 3.87. The fourth-order valence-electron chi connectivity index (χ4n) is 1.34. The van der Waals surface area contributed by atoms with Crippen LogP contribution < -0.4 is 0 Å². The molecule has 0 radical (unpaired) electrons. The molecule has 0 unspecified atom stereocenters. The molecule has 0 saturated heterocycles. The van der Waals surface area contributed by atoms with E-state index < -0.39 is 0 Å². The quantitative estimate of drug-likeness (QED) is 0.501. The lowest BCUT2D eigenvalue weighted by Gasteiger charge is -2.12. The Morgan fingerprint density at radius 3 is 1.93 bits per heavy atom. The molecule has 0 atom stereocenters. The summed E-state index contributed by atoms with van der Waals surface area (Å²) in [6.45, 7) is -1.15. The van der Waals surface area contributed by atoms with Crippen LogP contribution in [0.15, 0.2) is 6.20 Å². The monoisotopic (exact) mass is 199 g/mol. The van der Waals surface area contributed by atoms with Crippen LogP contribution in [-0.2, 0) is 26.4 Å². The number of hydrogen-bond donors (Lipinski definition) is 4. The van der Waals surface area contributed by atoms with Gasteiger partial charge in [0.1, 0.15) is 0 Å². The largest absolute Gasteiger partial charge is 0.392 e. The SMILES string of the molecule is OCc1cnc(CO)c(CO)c1CO. The summed E-state index contributed by atoms with van der Waals surface area (Å²) in [5.74, 6) is 0. The molecule has 1 rings (SSSR count). The summed E-state index contributed by atoms with van der Waals surface area (Å²) in [7, 11) is 0. The molecule has 0 aliphatic rings. The van der Waals surface area contributed by atoms with Gasteiger partial charge in [-0.2, -0.15) is 0 Å². The zero-order valence-corrected chi connectivity index (χ0v) is 7.64. The van der Waals surface area contributed by atoms with E-state index >= 15 is 0 Å². The first-order chi connectivity index (χ1) is 6.78. The van der Waals surface area contributed by atoms with Gasteiger partial charge in [0.25, 0.3) is 0 Å². The molecule has 0 aliphatic heterocycles. The number of aliphatic hydroxyl groups excluding tert-OH is 4. The molecular formula is C9H13NO4. The van der Waals surface area contributed by atoms with Crippen molar-refractivity contribution >= 4 is 0 Å². The van der Waals surface area contributed by atoms with Gasteiger partial charge in [0, 0.05) is 17.3 Å². The topological polar surface area (TPSA) is 93.8 Å². The van der Waals surface area contributed by atoms with Crippen LogP contribution in [0.5, 0.6) is 0 Å². The Balaban J connectivity index is 3.28. The van der Waals surface area contributed by atoms with Crippen LogP contribution in [0.4, 0.5) is 0 Å². The fourth-order valence-corrected chi connectivity index (χ4v) is 1.34. The van der Waals surface area contributed by atoms with E-state index in [0.717, 1.165) is 0 Å². The number of pyridine rings is 1. The lowest BCUT2D eigenvalue weighted by atomic mass is 10.0. The third-order valence-electron chi connectivity index (χ3n) is 2.11. The summed E-state index contributed by atoms with van der Waals surface area (Å²) in [5.41, 5.74) is 1.62.